The molecule has 0 atom stereocenters. The number of benzene rings is 1. The zero-order valence-electron chi connectivity index (χ0n) is 10.2. The number of rotatable bonds is 2. The molecular formula is C12H9F3N2O3. The third-order valence-corrected chi connectivity index (χ3v) is 2.55. The average molecular weight is 286 g/mol. The standard InChI is InChI=1S/C12H9F3N2O3/c1-20-11(19)7-6-16-17(10(7)12(13,14)15)8-4-2-3-5-9(8)18/h2-6,18H,1H3. The third-order valence-electron chi connectivity index (χ3n) is 2.55. The second-order valence-electron chi connectivity index (χ2n) is 3.80. The molecule has 0 saturated carbocycles. The van der Waals surface area contributed by atoms with Gasteiger partial charge in [0.25, 0.3) is 0 Å². The molecule has 106 valence electrons. The second kappa shape index (κ2) is 4.87. The number of phenols is 1. The van der Waals surface area contributed by atoms with Gasteiger partial charge in [0.2, 0.25) is 0 Å². The van der Waals surface area contributed by atoms with Gasteiger partial charge >= 0.3 is 12.1 Å². The van der Waals surface area contributed by atoms with Crippen molar-refractivity contribution >= 4 is 5.97 Å². The van der Waals surface area contributed by atoms with Gasteiger partial charge in [0.1, 0.15) is 17.0 Å². The minimum absolute atomic E-state index is 0.185. The molecule has 1 N–H and O–H groups in total. The van der Waals surface area contributed by atoms with Crippen molar-refractivity contribution in [2.45, 2.75) is 6.18 Å². The predicted molar refractivity (Wildman–Crippen MR) is 61.6 cm³/mol. The molecule has 20 heavy (non-hydrogen) atoms. The number of methoxy groups -OCH3 is 1. The first-order valence-electron chi connectivity index (χ1n) is 5.38. The van der Waals surface area contributed by atoms with Crippen LogP contribution in [0.2, 0.25) is 0 Å². The monoisotopic (exact) mass is 286 g/mol. The molecule has 5 nitrogen and oxygen atoms in total. The van der Waals surface area contributed by atoms with Gasteiger partial charge in [0.05, 0.1) is 13.3 Å². The van der Waals surface area contributed by atoms with Crippen LogP contribution in [-0.2, 0) is 10.9 Å². The number of nitrogens with zero attached hydrogens (tertiary/aromatic N) is 2. The van der Waals surface area contributed by atoms with E-state index >= 15 is 0 Å². The number of hydrogen-bond acceptors (Lipinski definition) is 4. The topological polar surface area (TPSA) is 64.3 Å². The van der Waals surface area contributed by atoms with Crippen molar-refractivity contribution < 1.29 is 27.8 Å². The Kier molecular flexibility index (Phi) is 3.39. The number of alkyl halides is 3. The highest BCUT2D eigenvalue weighted by atomic mass is 19.4. The molecule has 0 bridgehead atoms. The molecule has 8 heteroatoms. The van der Waals surface area contributed by atoms with E-state index in [-0.39, 0.29) is 5.69 Å². The van der Waals surface area contributed by atoms with Crippen molar-refractivity contribution in [1.29, 1.82) is 0 Å². The average Bonchev–Trinajstić information content (AvgIpc) is 2.83. The maximum Gasteiger partial charge on any atom is 0.434 e. The Hall–Kier alpha value is -2.51. The largest absolute Gasteiger partial charge is 0.506 e. The highest BCUT2D eigenvalue weighted by molar-refractivity contribution is 5.90. The molecule has 0 radical (unpaired) electrons. The number of carbonyl (C=O) groups is 1. The summed E-state index contributed by atoms with van der Waals surface area (Å²) < 4.78 is 44.1. The van der Waals surface area contributed by atoms with E-state index in [2.05, 4.69) is 9.84 Å². The highest BCUT2D eigenvalue weighted by Gasteiger charge is 2.41. The predicted octanol–water partition coefficient (Wildman–Crippen LogP) is 2.38. The Morgan fingerprint density at radius 2 is 2.00 bits per heavy atom. The van der Waals surface area contributed by atoms with Crippen LogP contribution in [0.15, 0.2) is 30.5 Å². The fraction of sp³-hybridized carbons (Fsp3) is 0.167. The van der Waals surface area contributed by atoms with E-state index in [1.165, 1.54) is 24.3 Å². The Bertz CT molecular complexity index is 650. The van der Waals surface area contributed by atoms with Gasteiger partial charge in [0.15, 0.2) is 5.69 Å². The van der Waals surface area contributed by atoms with Gasteiger partial charge in [-0.05, 0) is 12.1 Å². The van der Waals surface area contributed by atoms with Gasteiger partial charge in [-0.15, -0.1) is 0 Å². The smallest absolute Gasteiger partial charge is 0.434 e. The number of phenolic OH excluding ortho intramolecular Hbond substituents is 1. The number of ether oxygens (including phenoxy) is 1. The zero-order chi connectivity index (χ0) is 14.9. The molecule has 2 aromatic rings. The van der Waals surface area contributed by atoms with Crippen molar-refractivity contribution in [3.63, 3.8) is 0 Å². The lowest BCUT2D eigenvalue weighted by molar-refractivity contribution is -0.143. The van der Waals surface area contributed by atoms with Gasteiger partial charge in [0, 0.05) is 0 Å². The molecule has 0 aliphatic heterocycles. The fourth-order valence-electron chi connectivity index (χ4n) is 1.71. The lowest BCUT2D eigenvalue weighted by atomic mass is 10.2. The van der Waals surface area contributed by atoms with Gasteiger partial charge in [-0.3, -0.25) is 0 Å². The SMILES string of the molecule is COC(=O)c1cnn(-c2ccccc2O)c1C(F)(F)F. The number of hydrogen-bond donors (Lipinski definition) is 1. The summed E-state index contributed by atoms with van der Waals surface area (Å²) in [6.07, 6.45) is -4.08. The first-order valence-corrected chi connectivity index (χ1v) is 5.38. The van der Waals surface area contributed by atoms with Crippen LogP contribution in [-0.4, -0.2) is 28.0 Å². The molecule has 1 aromatic carbocycles. The van der Waals surface area contributed by atoms with Gasteiger partial charge in [-0.1, -0.05) is 12.1 Å². The van der Waals surface area contributed by atoms with E-state index in [4.69, 9.17) is 0 Å². The van der Waals surface area contributed by atoms with Crippen LogP contribution in [0.5, 0.6) is 5.75 Å². The van der Waals surface area contributed by atoms with Crippen LogP contribution >= 0.6 is 0 Å². The van der Waals surface area contributed by atoms with E-state index in [1.807, 2.05) is 0 Å². The van der Waals surface area contributed by atoms with Crippen LogP contribution in [0.4, 0.5) is 13.2 Å². The Labute approximate surface area is 111 Å². The van der Waals surface area contributed by atoms with Crippen molar-refractivity contribution in [2.75, 3.05) is 7.11 Å². The molecule has 0 aliphatic carbocycles. The van der Waals surface area contributed by atoms with Crippen LogP contribution in [0.1, 0.15) is 16.1 Å². The van der Waals surface area contributed by atoms with Crippen LogP contribution < -0.4 is 0 Å². The normalized spacial score (nSPS) is 11.4. The summed E-state index contributed by atoms with van der Waals surface area (Å²) in [5.74, 6) is -1.54. The minimum atomic E-state index is -4.83. The van der Waals surface area contributed by atoms with Crippen LogP contribution in [0, 0.1) is 0 Å². The summed E-state index contributed by atoms with van der Waals surface area (Å²) in [4.78, 5) is 11.4. The molecule has 0 unspecified atom stereocenters. The summed E-state index contributed by atoms with van der Waals surface area (Å²) in [7, 11) is 0.972. The first-order chi connectivity index (χ1) is 9.36. The number of aromatic hydroxyl groups is 1. The molecule has 2 rings (SSSR count). The van der Waals surface area contributed by atoms with Crippen molar-refractivity contribution in [2.24, 2.45) is 0 Å². The minimum Gasteiger partial charge on any atom is -0.506 e. The third kappa shape index (κ3) is 2.31. The molecule has 0 aliphatic rings. The van der Waals surface area contributed by atoms with Crippen molar-refractivity contribution in [3.8, 4) is 11.4 Å². The highest BCUT2D eigenvalue weighted by Crippen LogP contribution is 2.35. The quantitative estimate of drug-likeness (QED) is 0.861. The fourth-order valence-corrected chi connectivity index (χ4v) is 1.71. The molecular weight excluding hydrogens is 277 g/mol. The number of para-hydroxylation sites is 2. The van der Waals surface area contributed by atoms with Gasteiger partial charge < -0.3 is 9.84 Å². The number of halogens is 3. The summed E-state index contributed by atoms with van der Waals surface area (Å²) >= 11 is 0. The summed E-state index contributed by atoms with van der Waals surface area (Å²) in [6.45, 7) is 0. The lowest BCUT2D eigenvalue weighted by Gasteiger charge is -2.12. The number of aromatic nitrogens is 2. The summed E-state index contributed by atoms with van der Waals surface area (Å²) in [5, 5.41) is 13.1. The van der Waals surface area contributed by atoms with Gasteiger partial charge in [-0.25, -0.2) is 9.48 Å². The number of esters is 1. The molecule has 0 saturated heterocycles. The molecule has 0 spiro atoms. The Morgan fingerprint density at radius 3 is 2.55 bits per heavy atom. The molecule has 1 aromatic heterocycles. The number of carbonyl (C=O) groups excluding carboxylic acids is 1. The van der Waals surface area contributed by atoms with Crippen LogP contribution in [0.25, 0.3) is 5.69 Å². The second-order valence-corrected chi connectivity index (χ2v) is 3.80. The summed E-state index contributed by atoms with van der Waals surface area (Å²) in [5.41, 5.74) is -2.20. The first kappa shape index (κ1) is 13.9. The zero-order valence-corrected chi connectivity index (χ0v) is 10.2. The molecule has 0 fully saturated rings. The van der Waals surface area contributed by atoms with E-state index in [1.54, 1.807) is 0 Å². The summed E-state index contributed by atoms with van der Waals surface area (Å²) in [6, 6.07) is 5.36. The van der Waals surface area contributed by atoms with E-state index in [0.717, 1.165) is 13.3 Å². The Balaban J connectivity index is 2.70. The molecule has 0 amide bonds. The maximum atomic E-state index is 13.1. The Morgan fingerprint density at radius 1 is 1.35 bits per heavy atom. The van der Waals surface area contributed by atoms with Crippen molar-refractivity contribution in [1.82, 2.24) is 9.78 Å². The van der Waals surface area contributed by atoms with E-state index in [0.29, 0.717) is 4.68 Å². The lowest BCUT2D eigenvalue weighted by Crippen LogP contribution is -2.18. The van der Waals surface area contributed by atoms with Gasteiger partial charge in [-0.2, -0.15) is 18.3 Å². The van der Waals surface area contributed by atoms with Crippen LogP contribution in [0.3, 0.4) is 0 Å². The van der Waals surface area contributed by atoms with Crippen molar-refractivity contribution in [3.05, 3.63) is 41.7 Å². The molecule has 1 heterocycles. The van der Waals surface area contributed by atoms with E-state index in [9.17, 15) is 23.1 Å². The maximum absolute atomic E-state index is 13.1. The van der Waals surface area contributed by atoms with E-state index < -0.39 is 29.2 Å².